The van der Waals surface area contributed by atoms with Crippen molar-refractivity contribution in [2.75, 3.05) is 24.5 Å². The van der Waals surface area contributed by atoms with Crippen molar-refractivity contribution < 1.29 is 4.79 Å². The molecular formula is C20H22N2O. The van der Waals surface area contributed by atoms with Crippen molar-refractivity contribution >= 4 is 11.6 Å². The van der Waals surface area contributed by atoms with Crippen molar-refractivity contribution in [2.24, 2.45) is 0 Å². The molecule has 2 aliphatic heterocycles. The summed E-state index contributed by atoms with van der Waals surface area (Å²) in [5.41, 5.74) is 4.81. The summed E-state index contributed by atoms with van der Waals surface area (Å²) in [6, 6.07) is 17.1. The van der Waals surface area contributed by atoms with Crippen molar-refractivity contribution in [3.63, 3.8) is 0 Å². The summed E-state index contributed by atoms with van der Waals surface area (Å²) < 4.78 is 0. The predicted octanol–water partition coefficient (Wildman–Crippen LogP) is 3.27. The molecule has 2 aromatic rings. The predicted molar refractivity (Wildman–Crippen MR) is 93.0 cm³/mol. The molecule has 2 aliphatic rings. The molecule has 4 rings (SSSR count). The molecular weight excluding hydrogens is 284 g/mol. The van der Waals surface area contributed by atoms with E-state index in [2.05, 4.69) is 29.2 Å². The molecule has 0 aromatic heterocycles. The van der Waals surface area contributed by atoms with Crippen LogP contribution in [0.2, 0.25) is 0 Å². The lowest BCUT2D eigenvalue weighted by Gasteiger charge is -2.46. The van der Waals surface area contributed by atoms with Gasteiger partial charge >= 0.3 is 0 Å². The molecule has 1 amide bonds. The summed E-state index contributed by atoms with van der Waals surface area (Å²) in [5.74, 6) is 0.170. The molecule has 1 fully saturated rings. The third kappa shape index (κ3) is 2.61. The fraction of sp³-hybridized carbons (Fsp3) is 0.350. The molecule has 23 heavy (non-hydrogen) atoms. The second-order valence-electron chi connectivity index (χ2n) is 6.63. The Labute approximate surface area is 137 Å². The molecule has 3 nitrogen and oxygen atoms in total. The number of benzene rings is 2. The summed E-state index contributed by atoms with van der Waals surface area (Å²) >= 11 is 0. The highest BCUT2D eigenvalue weighted by Gasteiger charge is 2.33. The van der Waals surface area contributed by atoms with Crippen LogP contribution in [0.25, 0.3) is 0 Å². The first-order valence-corrected chi connectivity index (χ1v) is 8.43. The Morgan fingerprint density at radius 2 is 1.83 bits per heavy atom. The zero-order valence-corrected chi connectivity index (χ0v) is 13.5. The lowest BCUT2D eigenvalue weighted by molar-refractivity contribution is 0.0717. The van der Waals surface area contributed by atoms with Gasteiger partial charge in [0.15, 0.2) is 0 Å². The van der Waals surface area contributed by atoms with E-state index >= 15 is 0 Å². The van der Waals surface area contributed by atoms with Crippen molar-refractivity contribution in [2.45, 2.75) is 25.8 Å². The normalized spacial score (nSPS) is 20.0. The van der Waals surface area contributed by atoms with Crippen LogP contribution in [0.4, 0.5) is 5.69 Å². The molecule has 0 bridgehead atoms. The van der Waals surface area contributed by atoms with Gasteiger partial charge in [-0.1, -0.05) is 35.9 Å². The Morgan fingerprint density at radius 3 is 2.65 bits per heavy atom. The van der Waals surface area contributed by atoms with Gasteiger partial charge in [0.25, 0.3) is 5.91 Å². The minimum atomic E-state index is 0.170. The van der Waals surface area contributed by atoms with Crippen LogP contribution in [0.1, 0.15) is 27.9 Å². The number of piperazine rings is 1. The second kappa shape index (κ2) is 5.73. The van der Waals surface area contributed by atoms with Crippen molar-refractivity contribution in [1.29, 1.82) is 0 Å². The van der Waals surface area contributed by atoms with Crippen LogP contribution in [0.5, 0.6) is 0 Å². The molecule has 2 heterocycles. The lowest BCUT2D eigenvalue weighted by atomic mass is 9.93. The topological polar surface area (TPSA) is 23.6 Å². The first kappa shape index (κ1) is 14.3. The summed E-state index contributed by atoms with van der Waals surface area (Å²) in [5, 5.41) is 0. The molecule has 0 N–H and O–H groups in total. The molecule has 0 spiro atoms. The Kier molecular flexibility index (Phi) is 3.56. The molecule has 0 radical (unpaired) electrons. The lowest BCUT2D eigenvalue weighted by Crippen LogP contribution is -2.56. The van der Waals surface area contributed by atoms with Crippen LogP contribution in [0.3, 0.4) is 0 Å². The zero-order chi connectivity index (χ0) is 15.8. The maximum atomic E-state index is 12.7. The van der Waals surface area contributed by atoms with Crippen molar-refractivity contribution in [3.8, 4) is 0 Å². The van der Waals surface area contributed by atoms with Gasteiger partial charge in [-0.25, -0.2) is 0 Å². The van der Waals surface area contributed by atoms with E-state index in [0.29, 0.717) is 6.04 Å². The van der Waals surface area contributed by atoms with Gasteiger partial charge in [0.05, 0.1) is 0 Å². The Hall–Kier alpha value is -2.29. The number of hydrogen-bond acceptors (Lipinski definition) is 2. The van der Waals surface area contributed by atoms with E-state index < -0.39 is 0 Å². The highest BCUT2D eigenvalue weighted by Crippen LogP contribution is 2.32. The number of carbonyl (C=O) groups excluding carboxylic acids is 1. The third-order valence-corrected chi connectivity index (χ3v) is 5.12. The standard InChI is InChI=1S/C20H22N2O/c1-15-6-8-17(9-7-15)20(23)21-12-13-22-18(14-21)11-10-16-4-2-3-5-19(16)22/h2-9,18H,10-14H2,1H3. The van der Waals surface area contributed by atoms with Crippen LogP contribution < -0.4 is 4.90 Å². The quantitative estimate of drug-likeness (QED) is 0.807. The van der Waals surface area contributed by atoms with Crippen LogP contribution in [0, 0.1) is 6.92 Å². The zero-order valence-electron chi connectivity index (χ0n) is 13.5. The third-order valence-electron chi connectivity index (χ3n) is 5.12. The maximum absolute atomic E-state index is 12.7. The minimum absolute atomic E-state index is 0.170. The highest BCUT2D eigenvalue weighted by atomic mass is 16.2. The number of amides is 1. The van der Waals surface area contributed by atoms with E-state index in [1.54, 1.807) is 0 Å². The van der Waals surface area contributed by atoms with Crippen molar-refractivity contribution in [1.82, 2.24) is 4.90 Å². The maximum Gasteiger partial charge on any atom is 0.253 e. The Balaban J connectivity index is 1.52. The number of anilines is 1. The average molecular weight is 306 g/mol. The van der Waals surface area contributed by atoms with Gasteiger partial charge in [0, 0.05) is 36.9 Å². The number of para-hydroxylation sites is 1. The van der Waals surface area contributed by atoms with Gasteiger partial charge in [-0.3, -0.25) is 4.79 Å². The molecule has 3 heteroatoms. The average Bonchev–Trinajstić information content (AvgIpc) is 2.61. The van der Waals surface area contributed by atoms with Crippen LogP contribution in [-0.2, 0) is 6.42 Å². The number of aryl methyl sites for hydroxylation is 2. The second-order valence-corrected chi connectivity index (χ2v) is 6.63. The van der Waals surface area contributed by atoms with Crippen LogP contribution in [0.15, 0.2) is 48.5 Å². The molecule has 1 unspecified atom stereocenters. The molecule has 0 aliphatic carbocycles. The number of hydrogen-bond donors (Lipinski definition) is 0. The first-order chi connectivity index (χ1) is 11.2. The Bertz CT molecular complexity index is 723. The molecule has 118 valence electrons. The minimum Gasteiger partial charge on any atom is -0.365 e. The van der Waals surface area contributed by atoms with E-state index in [-0.39, 0.29) is 5.91 Å². The van der Waals surface area contributed by atoms with E-state index in [4.69, 9.17) is 0 Å². The SMILES string of the molecule is Cc1ccc(C(=O)N2CCN3c4ccccc4CCC3C2)cc1. The fourth-order valence-electron chi connectivity index (χ4n) is 3.81. The van der Waals surface area contributed by atoms with Gasteiger partial charge in [-0.15, -0.1) is 0 Å². The smallest absolute Gasteiger partial charge is 0.253 e. The molecule has 1 saturated heterocycles. The monoisotopic (exact) mass is 306 g/mol. The number of nitrogens with zero attached hydrogens (tertiary/aromatic N) is 2. The van der Waals surface area contributed by atoms with Crippen LogP contribution >= 0.6 is 0 Å². The summed E-state index contributed by atoms with van der Waals surface area (Å²) in [7, 11) is 0. The van der Waals surface area contributed by atoms with Gasteiger partial charge in [0.1, 0.15) is 0 Å². The van der Waals surface area contributed by atoms with E-state index in [1.807, 2.05) is 36.1 Å². The Morgan fingerprint density at radius 1 is 1.04 bits per heavy atom. The van der Waals surface area contributed by atoms with Gasteiger partial charge < -0.3 is 9.80 Å². The highest BCUT2D eigenvalue weighted by molar-refractivity contribution is 5.94. The van der Waals surface area contributed by atoms with Gasteiger partial charge in [-0.05, 0) is 43.5 Å². The summed E-state index contributed by atoms with van der Waals surface area (Å²) in [6.45, 7) is 4.62. The van der Waals surface area contributed by atoms with Gasteiger partial charge in [0.2, 0.25) is 0 Å². The van der Waals surface area contributed by atoms with Crippen LogP contribution in [-0.4, -0.2) is 36.5 Å². The summed E-state index contributed by atoms with van der Waals surface area (Å²) in [6.07, 6.45) is 2.25. The number of carbonyl (C=O) groups is 1. The number of fused-ring (bicyclic) bond motifs is 3. The fourth-order valence-corrected chi connectivity index (χ4v) is 3.81. The summed E-state index contributed by atoms with van der Waals surface area (Å²) in [4.78, 5) is 17.3. The van der Waals surface area contributed by atoms with Crippen molar-refractivity contribution in [3.05, 3.63) is 65.2 Å². The first-order valence-electron chi connectivity index (χ1n) is 8.43. The molecule has 1 atom stereocenters. The van der Waals surface area contributed by atoms with E-state index in [1.165, 1.54) is 16.8 Å². The van der Waals surface area contributed by atoms with E-state index in [0.717, 1.165) is 38.0 Å². The largest absolute Gasteiger partial charge is 0.365 e. The molecule has 2 aromatic carbocycles. The van der Waals surface area contributed by atoms with E-state index in [9.17, 15) is 4.79 Å². The van der Waals surface area contributed by atoms with Gasteiger partial charge in [-0.2, -0.15) is 0 Å². The number of rotatable bonds is 1. The molecule has 0 saturated carbocycles.